The van der Waals surface area contributed by atoms with Gasteiger partial charge in [0.2, 0.25) is 17.6 Å². The molecule has 0 bridgehead atoms. The molecule has 0 aliphatic rings. The topological polar surface area (TPSA) is 124 Å². The normalized spacial score (nSPS) is 11.9. The van der Waals surface area contributed by atoms with Crippen LogP contribution in [0.15, 0.2) is 42.6 Å². The van der Waals surface area contributed by atoms with E-state index in [0.29, 0.717) is 5.69 Å². The van der Waals surface area contributed by atoms with Crippen molar-refractivity contribution >= 4 is 39.7 Å². The van der Waals surface area contributed by atoms with E-state index in [9.17, 15) is 22.8 Å². The summed E-state index contributed by atoms with van der Waals surface area (Å²) in [7, 11) is 0. The number of pyridine rings is 1. The molecule has 3 aromatic rings. The number of benzene rings is 1. The van der Waals surface area contributed by atoms with E-state index < -0.39 is 30.2 Å². The highest BCUT2D eigenvalue weighted by molar-refractivity contribution is 7.18. The molecule has 2 aromatic heterocycles. The second kappa shape index (κ2) is 9.00. The fourth-order valence-electron chi connectivity index (χ4n) is 2.62. The number of halogens is 3. The zero-order valence-electron chi connectivity index (χ0n) is 16.0. The van der Waals surface area contributed by atoms with Gasteiger partial charge in [0.1, 0.15) is 22.6 Å². The molecule has 4 N–H and O–H groups in total. The Bertz CT molecular complexity index is 1090. The molecule has 0 unspecified atom stereocenters. The number of thiazole rings is 1. The number of carbonyl (C=O) groups excluding carboxylic acids is 2. The van der Waals surface area contributed by atoms with Gasteiger partial charge in [-0.3, -0.25) is 9.59 Å². The van der Waals surface area contributed by atoms with E-state index in [-0.39, 0.29) is 27.3 Å². The quantitative estimate of drug-likeness (QED) is 0.504. The Morgan fingerprint density at radius 1 is 1.16 bits per heavy atom. The van der Waals surface area contributed by atoms with E-state index in [1.165, 1.54) is 42.2 Å². The molecule has 0 radical (unpaired) electrons. The number of carbonyl (C=O) groups is 2. The molecule has 12 heteroatoms. The number of nitrogens with two attached hydrogens (primary N) is 2. The van der Waals surface area contributed by atoms with Crippen molar-refractivity contribution in [3.8, 4) is 5.88 Å². The minimum absolute atomic E-state index is 0.0445. The number of hydrogen-bond donors (Lipinski definition) is 2. The number of anilines is 3. The number of rotatable bonds is 8. The Hall–Kier alpha value is -3.67. The third-order valence-electron chi connectivity index (χ3n) is 4.17. The molecule has 162 valence electrons. The van der Waals surface area contributed by atoms with Crippen molar-refractivity contribution in [1.29, 1.82) is 0 Å². The van der Waals surface area contributed by atoms with Crippen LogP contribution >= 0.6 is 11.3 Å². The van der Waals surface area contributed by atoms with Gasteiger partial charge in [-0.15, -0.1) is 0 Å². The van der Waals surface area contributed by atoms with E-state index >= 15 is 0 Å². The molecular weight excluding hydrogens is 435 g/mol. The molecule has 1 amide bonds. The average Bonchev–Trinajstić information content (AvgIpc) is 3.10. The molecular formula is C19H16F3N5O3S. The lowest BCUT2D eigenvalue weighted by Gasteiger charge is -2.26. The maximum Gasteiger partial charge on any atom is 0.388 e. The first-order valence-corrected chi connectivity index (χ1v) is 9.55. The first-order chi connectivity index (χ1) is 14.7. The Morgan fingerprint density at radius 2 is 1.84 bits per heavy atom. The molecule has 0 spiro atoms. The van der Waals surface area contributed by atoms with Crippen LogP contribution in [0.4, 0.5) is 29.8 Å². The summed E-state index contributed by atoms with van der Waals surface area (Å²) in [5, 5.41) is 0.185. The number of alkyl halides is 2. The highest BCUT2D eigenvalue weighted by atomic mass is 32.1. The smallest absolute Gasteiger partial charge is 0.388 e. The fraction of sp³-hybridized carbons (Fsp3) is 0.158. The third-order valence-corrected chi connectivity index (χ3v) is 5.24. The Kier molecular flexibility index (Phi) is 6.39. The number of ketones is 1. The van der Waals surface area contributed by atoms with Gasteiger partial charge in [0.05, 0.1) is 0 Å². The van der Waals surface area contributed by atoms with Gasteiger partial charge in [-0.2, -0.15) is 8.78 Å². The Labute approximate surface area is 178 Å². The SMILES string of the molecule is C[C@H](C(N)=O)N(c1ccc(F)cc1)c1nc(N)c(C(=O)c2ccc(OC(F)F)nc2)s1. The fourth-order valence-corrected chi connectivity index (χ4v) is 3.67. The van der Waals surface area contributed by atoms with Gasteiger partial charge < -0.3 is 21.1 Å². The van der Waals surface area contributed by atoms with Gasteiger partial charge in [0.15, 0.2) is 5.13 Å². The lowest BCUT2D eigenvalue weighted by molar-refractivity contribution is -0.118. The van der Waals surface area contributed by atoms with Crippen molar-refractivity contribution in [2.45, 2.75) is 19.6 Å². The third kappa shape index (κ3) is 4.91. The summed E-state index contributed by atoms with van der Waals surface area (Å²) in [6.07, 6.45) is 1.07. The molecule has 1 atom stereocenters. The Balaban J connectivity index is 1.95. The summed E-state index contributed by atoms with van der Waals surface area (Å²) in [5.74, 6) is -2.16. The van der Waals surface area contributed by atoms with Crippen LogP contribution < -0.4 is 21.1 Å². The van der Waals surface area contributed by atoms with E-state index in [1.54, 1.807) is 0 Å². The zero-order chi connectivity index (χ0) is 22.7. The predicted octanol–water partition coefficient (Wildman–Crippen LogP) is 3.10. The van der Waals surface area contributed by atoms with Crippen LogP contribution in [0.25, 0.3) is 0 Å². The second-order valence-corrected chi connectivity index (χ2v) is 7.21. The number of ether oxygens (including phenoxy) is 1. The predicted molar refractivity (Wildman–Crippen MR) is 108 cm³/mol. The van der Waals surface area contributed by atoms with Crippen LogP contribution in [0.2, 0.25) is 0 Å². The highest BCUT2D eigenvalue weighted by Crippen LogP contribution is 2.36. The summed E-state index contributed by atoms with van der Waals surface area (Å²) in [4.78, 5) is 33.9. The maximum atomic E-state index is 13.3. The number of nitrogens with zero attached hydrogens (tertiary/aromatic N) is 3. The van der Waals surface area contributed by atoms with Gasteiger partial charge in [-0.1, -0.05) is 11.3 Å². The molecule has 0 aliphatic heterocycles. The summed E-state index contributed by atoms with van der Waals surface area (Å²) in [6.45, 7) is -1.52. The van der Waals surface area contributed by atoms with E-state index in [1.807, 2.05) is 0 Å². The minimum atomic E-state index is -3.04. The van der Waals surface area contributed by atoms with Gasteiger partial charge in [0, 0.05) is 23.5 Å². The minimum Gasteiger partial charge on any atom is -0.417 e. The lowest BCUT2D eigenvalue weighted by Crippen LogP contribution is -2.39. The number of amides is 1. The molecule has 0 saturated carbocycles. The van der Waals surface area contributed by atoms with Crippen LogP contribution in [-0.2, 0) is 4.79 Å². The lowest BCUT2D eigenvalue weighted by atomic mass is 10.1. The summed E-state index contributed by atoms with van der Waals surface area (Å²) < 4.78 is 42.0. The molecule has 2 heterocycles. The first-order valence-electron chi connectivity index (χ1n) is 8.73. The van der Waals surface area contributed by atoms with Crippen LogP contribution in [0.5, 0.6) is 5.88 Å². The van der Waals surface area contributed by atoms with Crippen LogP contribution in [0, 0.1) is 5.82 Å². The van der Waals surface area contributed by atoms with E-state index in [0.717, 1.165) is 23.6 Å². The highest BCUT2D eigenvalue weighted by Gasteiger charge is 2.27. The average molecular weight is 451 g/mol. The first kappa shape index (κ1) is 22.0. The molecule has 3 rings (SSSR count). The molecule has 0 saturated heterocycles. The van der Waals surface area contributed by atoms with Gasteiger partial charge in [-0.25, -0.2) is 14.4 Å². The van der Waals surface area contributed by atoms with Crippen molar-refractivity contribution in [1.82, 2.24) is 9.97 Å². The molecule has 0 fully saturated rings. The molecule has 0 aliphatic carbocycles. The van der Waals surface area contributed by atoms with E-state index in [2.05, 4.69) is 14.7 Å². The van der Waals surface area contributed by atoms with E-state index in [4.69, 9.17) is 11.5 Å². The second-order valence-electron chi connectivity index (χ2n) is 6.23. The number of hydrogen-bond acceptors (Lipinski definition) is 8. The number of aromatic nitrogens is 2. The Morgan fingerprint density at radius 3 is 2.39 bits per heavy atom. The van der Waals surface area contributed by atoms with Gasteiger partial charge >= 0.3 is 6.61 Å². The zero-order valence-corrected chi connectivity index (χ0v) is 16.8. The number of primary amides is 1. The number of nitrogen functional groups attached to an aromatic ring is 1. The summed E-state index contributed by atoms with van der Waals surface area (Å²) in [5.41, 5.74) is 11.8. The molecule has 1 aromatic carbocycles. The largest absolute Gasteiger partial charge is 0.417 e. The van der Waals surface area contributed by atoms with Crippen molar-refractivity contribution in [2.75, 3.05) is 10.6 Å². The van der Waals surface area contributed by atoms with Crippen molar-refractivity contribution in [3.05, 3.63) is 58.9 Å². The van der Waals surface area contributed by atoms with Crippen LogP contribution in [0.3, 0.4) is 0 Å². The standard InChI is InChI=1S/C19H16F3N5O3S/c1-9(17(24)29)27(12-5-3-11(20)4-6-12)19-26-16(23)15(31-19)14(28)10-2-7-13(25-8-10)30-18(21)22/h2-9,18H,23H2,1H3,(H2,24,29)/t9-/m1/s1. The van der Waals surface area contributed by atoms with Crippen LogP contribution in [-0.4, -0.2) is 34.3 Å². The summed E-state index contributed by atoms with van der Waals surface area (Å²) >= 11 is 0.890. The maximum absolute atomic E-state index is 13.3. The molecule has 8 nitrogen and oxygen atoms in total. The monoisotopic (exact) mass is 451 g/mol. The summed E-state index contributed by atoms with van der Waals surface area (Å²) in [6, 6.07) is 6.76. The van der Waals surface area contributed by atoms with Gasteiger partial charge in [0.25, 0.3) is 0 Å². The van der Waals surface area contributed by atoms with Crippen molar-refractivity contribution < 1.29 is 27.5 Å². The molecule has 31 heavy (non-hydrogen) atoms. The van der Waals surface area contributed by atoms with Crippen LogP contribution in [0.1, 0.15) is 22.2 Å². The van der Waals surface area contributed by atoms with Gasteiger partial charge in [-0.05, 0) is 37.3 Å². The van der Waals surface area contributed by atoms with Crippen molar-refractivity contribution in [2.24, 2.45) is 5.73 Å². The van der Waals surface area contributed by atoms with Crippen molar-refractivity contribution in [3.63, 3.8) is 0 Å².